The van der Waals surface area contributed by atoms with Crippen molar-refractivity contribution in [3.63, 3.8) is 0 Å². The number of benzene rings is 2. The zero-order chi connectivity index (χ0) is 23.1. The van der Waals surface area contributed by atoms with E-state index in [9.17, 15) is 15.0 Å². The Morgan fingerprint density at radius 2 is 1.70 bits per heavy atom. The maximum absolute atomic E-state index is 10.4. The van der Waals surface area contributed by atoms with Crippen molar-refractivity contribution in [1.29, 1.82) is 0 Å². The van der Waals surface area contributed by atoms with E-state index in [1.54, 1.807) is 24.3 Å². The Kier molecular flexibility index (Phi) is 14.2. The Hall–Kier alpha value is -2.28. The van der Waals surface area contributed by atoms with E-state index in [0.717, 1.165) is 36.8 Å². The van der Waals surface area contributed by atoms with Crippen LogP contribution in [0.1, 0.15) is 51.0 Å². The van der Waals surface area contributed by atoms with Gasteiger partial charge in [-0.1, -0.05) is 62.2 Å². The summed E-state index contributed by atoms with van der Waals surface area (Å²) in [4.78, 5) is 10.4. The van der Waals surface area contributed by atoms with Crippen molar-refractivity contribution < 1.29 is 24.2 Å². The number of nitrogens with one attached hydrogen (secondary N) is 1. The molecule has 0 atom stereocenters. The molecule has 0 radical (unpaired) electrons. The molecule has 184 valence electrons. The first kappa shape index (κ1) is 28.8. The van der Waals surface area contributed by atoms with Crippen LogP contribution in [-0.4, -0.2) is 48.5 Å². The summed E-state index contributed by atoms with van der Waals surface area (Å²) in [6.45, 7) is 7.49. The van der Waals surface area contributed by atoms with E-state index in [1.165, 1.54) is 37.9 Å². The monoisotopic (exact) mass is 478 g/mol. The van der Waals surface area contributed by atoms with Gasteiger partial charge in [0.1, 0.15) is 24.9 Å². The summed E-state index contributed by atoms with van der Waals surface area (Å²) in [6, 6.07) is 17.6. The largest absolute Gasteiger partial charge is 0.530 e. The van der Waals surface area contributed by atoms with Crippen LogP contribution in [0.25, 0.3) is 0 Å². The fourth-order valence-corrected chi connectivity index (χ4v) is 4.17. The van der Waals surface area contributed by atoms with E-state index < -0.39 is 6.09 Å². The van der Waals surface area contributed by atoms with Crippen molar-refractivity contribution in [1.82, 2.24) is 0 Å². The van der Waals surface area contributed by atoms with Crippen molar-refractivity contribution in [2.75, 3.05) is 38.2 Å². The number of quaternary nitrogens is 1. The van der Waals surface area contributed by atoms with Crippen LogP contribution in [0, 0.1) is 0 Å². The summed E-state index contributed by atoms with van der Waals surface area (Å²) < 4.78 is 6.57. The molecule has 7 heteroatoms. The number of aliphatic hydroxyl groups is 1. The van der Waals surface area contributed by atoms with Gasteiger partial charge in [0.25, 0.3) is 0 Å². The van der Waals surface area contributed by atoms with Crippen LogP contribution in [-0.2, 0) is 6.54 Å². The van der Waals surface area contributed by atoms with Gasteiger partial charge >= 0.3 is 0 Å². The van der Waals surface area contributed by atoms with Crippen molar-refractivity contribution in [3.8, 4) is 5.75 Å². The highest BCUT2D eigenvalue weighted by Gasteiger charge is 2.29. The number of para-hydroxylation sites is 2. The van der Waals surface area contributed by atoms with Crippen LogP contribution in [0.4, 0.5) is 10.5 Å². The van der Waals surface area contributed by atoms with Gasteiger partial charge in [0.05, 0.1) is 32.0 Å². The van der Waals surface area contributed by atoms with E-state index in [4.69, 9.17) is 4.74 Å². The van der Waals surface area contributed by atoms with Gasteiger partial charge in [0.2, 0.25) is 0 Å². The SMILES string of the molecule is CCCCCOc1ccccc1NC(=O)[O-].Cl.OCC[N+]1(Cc2ccccc2)CCCCC1. The molecule has 6 nitrogen and oxygen atoms in total. The Morgan fingerprint density at radius 3 is 2.33 bits per heavy atom. The molecule has 2 aromatic rings. The number of hydrogen-bond acceptors (Lipinski definition) is 4. The van der Waals surface area contributed by atoms with Crippen LogP contribution in [0.15, 0.2) is 54.6 Å². The molecule has 1 amide bonds. The van der Waals surface area contributed by atoms with Crippen LogP contribution in [0.2, 0.25) is 0 Å². The second-order valence-corrected chi connectivity index (χ2v) is 8.40. The molecule has 0 unspecified atom stereocenters. The number of aliphatic hydroxyl groups excluding tert-OH is 1. The normalized spacial score (nSPS) is 14.2. The van der Waals surface area contributed by atoms with Crippen LogP contribution < -0.4 is 15.2 Å². The number of rotatable bonds is 10. The maximum atomic E-state index is 10.4. The lowest BCUT2D eigenvalue weighted by Gasteiger charge is -2.41. The molecule has 0 aromatic heterocycles. The van der Waals surface area contributed by atoms with Crippen molar-refractivity contribution >= 4 is 24.2 Å². The summed E-state index contributed by atoms with van der Waals surface area (Å²) in [5.41, 5.74) is 1.83. The number of amides is 1. The van der Waals surface area contributed by atoms with E-state index in [2.05, 4.69) is 42.6 Å². The van der Waals surface area contributed by atoms with E-state index in [1.807, 2.05) is 0 Å². The minimum absolute atomic E-state index is 0. The number of halogens is 1. The van der Waals surface area contributed by atoms with Gasteiger partial charge in [0.15, 0.2) is 0 Å². The molecule has 2 N–H and O–H groups in total. The quantitative estimate of drug-likeness (QED) is 0.386. The standard InChI is InChI=1S/C14H22NO.C12H17NO3.ClH/c16-12-11-15(9-5-2-6-10-15)13-14-7-3-1-4-8-14;1-2-3-6-9-16-11-8-5-4-7-10(11)13-12(14)15;/h1,3-4,7-8,16H,2,5-6,9-13H2;4-5,7-8,13H,2-3,6,9H2,1H3,(H,14,15);1H/q+1;;/p-1. The number of likely N-dealkylation sites (tertiary alicyclic amines) is 1. The number of carboxylic acid groups (broad SMARTS) is 1. The third-order valence-electron chi connectivity index (χ3n) is 5.83. The Morgan fingerprint density at radius 1 is 1.03 bits per heavy atom. The fourth-order valence-electron chi connectivity index (χ4n) is 4.17. The van der Waals surface area contributed by atoms with Crippen molar-refractivity contribution in [2.24, 2.45) is 0 Å². The average Bonchev–Trinajstić information content (AvgIpc) is 2.79. The summed E-state index contributed by atoms with van der Waals surface area (Å²) in [7, 11) is 0. The van der Waals surface area contributed by atoms with Crippen molar-refractivity contribution in [2.45, 2.75) is 52.0 Å². The molecule has 33 heavy (non-hydrogen) atoms. The van der Waals surface area contributed by atoms with Crippen molar-refractivity contribution in [3.05, 3.63) is 60.2 Å². The number of anilines is 1. The maximum Gasteiger partial charge on any atom is 0.142 e. The fraction of sp³-hybridized carbons (Fsp3) is 0.500. The number of hydrogen-bond donors (Lipinski definition) is 2. The van der Waals surface area contributed by atoms with E-state index in [-0.39, 0.29) is 12.4 Å². The molecule has 1 aliphatic rings. The second kappa shape index (κ2) is 16.4. The molecule has 1 heterocycles. The van der Waals surface area contributed by atoms with Gasteiger partial charge in [-0.25, -0.2) is 0 Å². The van der Waals surface area contributed by atoms with Gasteiger partial charge < -0.3 is 29.5 Å². The highest BCUT2D eigenvalue weighted by atomic mass is 35.5. The summed E-state index contributed by atoms with van der Waals surface area (Å²) in [5.74, 6) is 0.544. The molecule has 1 aliphatic heterocycles. The van der Waals surface area contributed by atoms with Gasteiger partial charge in [0, 0.05) is 5.56 Å². The third kappa shape index (κ3) is 10.9. The number of carbonyl (C=O) groups is 1. The lowest BCUT2D eigenvalue weighted by atomic mass is 10.1. The molecular weight excluding hydrogens is 440 g/mol. The van der Waals surface area contributed by atoms with Gasteiger partial charge in [-0.2, -0.15) is 0 Å². The summed E-state index contributed by atoms with van der Waals surface area (Å²) in [5, 5.41) is 21.9. The first-order valence-electron chi connectivity index (χ1n) is 11.8. The van der Waals surface area contributed by atoms with Crippen LogP contribution >= 0.6 is 12.4 Å². The Bertz CT molecular complexity index is 777. The molecule has 0 spiro atoms. The summed E-state index contributed by atoms with van der Waals surface area (Å²) in [6.07, 6.45) is 5.86. The first-order valence-corrected chi connectivity index (χ1v) is 11.8. The summed E-state index contributed by atoms with van der Waals surface area (Å²) >= 11 is 0. The first-order chi connectivity index (χ1) is 15.6. The Labute approximate surface area is 204 Å². The van der Waals surface area contributed by atoms with Crippen LogP contribution in [0.3, 0.4) is 0 Å². The average molecular weight is 479 g/mol. The minimum Gasteiger partial charge on any atom is -0.530 e. The minimum atomic E-state index is -1.33. The number of piperidine rings is 1. The van der Waals surface area contributed by atoms with Crippen LogP contribution in [0.5, 0.6) is 5.75 Å². The lowest BCUT2D eigenvalue weighted by molar-refractivity contribution is -0.945. The number of carbonyl (C=O) groups excluding carboxylic acids is 1. The molecule has 0 saturated carbocycles. The number of nitrogens with zero attached hydrogens (tertiary/aromatic N) is 1. The third-order valence-corrected chi connectivity index (χ3v) is 5.83. The molecule has 2 aromatic carbocycles. The van der Waals surface area contributed by atoms with E-state index >= 15 is 0 Å². The highest BCUT2D eigenvalue weighted by Crippen LogP contribution is 2.24. The predicted molar refractivity (Wildman–Crippen MR) is 134 cm³/mol. The topological polar surface area (TPSA) is 81.6 Å². The lowest BCUT2D eigenvalue weighted by Crippen LogP contribution is -2.52. The molecule has 1 fully saturated rings. The Balaban J connectivity index is 0.000000320. The molecule has 1 saturated heterocycles. The van der Waals surface area contributed by atoms with Gasteiger partial charge in [-0.05, 0) is 37.8 Å². The molecule has 0 aliphatic carbocycles. The van der Waals surface area contributed by atoms with Gasteiger partial charge in [-0.15, -0.1) is 12.4 Å². The molecule has 0 bridgehead atoms. The zero-order valence-corrected chi connectivity index (χ0v) is 20.5. The highest BCUT2D eigenvalue weighted by molar-refractivity contribution is 5.85. The van der Waals surface area contributed by atoms with Gasteiger partial charge in [-0.3, -0.25) is 0 Å². The zero-order valence-electron chi connectivity index (χ0n) is 19.7. The second-order valence-electron chi connectivity index (χ2n) is 8.40. The molecular formula is C26H39ClN2O4. The number of unbranched alkanes of at least 4 members (excludes halogenated alkanes) is 2. The smallest absolute Gasteiger partial charge is 0.142 e. The molecule has 3 rings (SSSR count). The predicted octanol–water partition coefficient (Wildman–Crippen LogP) is 4.61. The number of ether oxygens (including phenoxy) is 1. The van der Waals surface area contributed by atoms with E-state index in [0.29, 0.717) is 24.7 Å².